The zero-order chi connectivity index (χ0) is 17.5. The van der Waals surface area contributed by atoms with Gasteiger partial charge in [-0.3, -0.25) is 14.3 Å². The summed E-state index contributed by atoms with van der Waals surface area (Å²) in [6, 6.07) is 6.18. The highest BCUT2D eigenvalue weighted by atomic mass is 16.1. The predicted octanol–water partition coefficient (Wildman–Crippen LogP) is 2.73. The summed E-state index contributed by atoms with van der Waals surface area (Å²) < 4.78 is 1.79. The molecular formula is C21H28N4O. The van der Waals surface area contributed by atoms with Crippen LogP contribution in [0, 0.1) is 11.8 Å². The van der Waals surface area contributed by atoms with Crippen LogP contribution in [0.5, 0.6) is 0 Å². The van der Waals surface area contributed by atoms with E-state index >= 15 is 0 Å². The summed E-state index contributed by atoms with van der Waals surface area (Å²) in [6.07, 6.45) is 8.51. The van der Waals surface area contributed by atoms with Gasteiger partial charge in [0.1, 0.15) is 0 Å². The third-order valence-corrected chi connectivity index (χ3v) is 6.44. The van der Waals surface area contributed by atoms with Gasteiger partial charge in [-0.25, -0.2) is 4.98 Å². The Hall–Kier alpha value is -1.88. The topological polar surface area (TPSA) is 41.4 Å². The zero-order valence-electron chi connectivity index (χ0n) is 15.4. The van der Waals surface area contributed by atoms with Gasteiger partial charge >= 0.3 is 0 Å². The van der Waals surface area contributed by atoms with Crippen LogP contribution < -0.4 is 10.5 Å². The molecule has 0 bridgehead atoms. The molecule has 0 N–H and O–H groups in total. The fraction of sp³-hybridized carbons (Fsp3) is 0.619. The Morgan fingerprint density at radius 1 is 0.962 bits per heavy atom. The molecule has 5 nitrogen and oxygen atoms in total. The lowest BCUT2D eigenvalue weighted by molar-refractivity contribution is 0.170. The number of hydrogen-bond donors (Lipinski definition) is 0. The standard InChI is InChI=1S/C21H28N4O/c26-21-19-7-6-18(12-20(19)22-15-25(21)14-17-4-5-17)24-10-8-23(9-11-24)13-16-2-1-3-16/h6-7,12,15-17H,1-5,8-11,13-14H2. The molecule has 1 aromatic heterocycles. The van der Waals surface area contributed by atoms with Crippen molar-refractivity contribution in [3.05, 3.63) is 34.9 Å². The van der Waals surface area contributed by atoms with Crippen LogP contribution in [0.4, 0.5) is 5.69 Å². The van der Waals surface area contributed by atoms with E-state index in [0.717, 1.165) is 49.5 Å². The van der Waals surface area contributed by atoms with Gasteiger partial charge in [-0.1, -0.05) is 6.42 Å². The third-order valence-electron chi connectivity index (χ3n) is 6.44. The number of anilines is 1. The van der Waals surface area contributed by atoms with Crippen LogP contribution in [0.2, 0.25) is 0 Å². The Labute approximate surface area is 154 Å². The predicted molar refractivity (Wildman–Crippen MR) is 105 cm³/mol. The van der Waals surface area contributed by atoms with Crippen molar-refractivity contribution in [1.82, 2.24) is 14.5 Å². The van der Waals surface area contributed by atoms with Crippen LogP contribution in [-0.4, -0.2) is 47.2 Å². The molecule has 0 unspecified atom stereocenters. The Bertz CT molecular complexity index is 845. The highest BCUT2D eigenvalue weighted by molar-refractivity contribution is 5.81. The number of fused-ring (bicyclic) bond motifs is 1. The van der Waals surface area contributed by atoms with Crippen molar-refractivity contribution in [3.8, 4) is 0 Å². The molecule has 3 aliphatic rings. The molecule has 0 spiro atoms. The first-order valence-electron chi connectivity index (χ1n) is 10.2. The molecular weight excluding hydrogens is 324 g/mol. The van der Waals surface area contributed by atoms with Crippen LogP contribution in [0.15, 0.2) is 29.3 Å². The largest absolute Gasteiger partial charge is 0.369 e. The minimum absolute atomic E-state index is 0.110. The van der Waals surface area contributed by atoms with E-state index < -0.39 is 0 Å². The molecule has 2 aromatic rings. The Balaban J connectivity index is 1.29. The van der Waals surface area contributed by atoms with Crippen LogP contribution in [0.3, 0.4) is 0 Å². The maximum Gasteiger partial charge on any atom is 0.261 e. The van der Waals surface area contributed by atoms with Crippen molar-refractivity contribution in [2.75, 3.05) is 37.6 Å². The summed E-state index contributed by atoms with van der Waals surface area (Å²) >= 11 is 0. The summed E-state index contributed by atoms with van der Waals surface area (Å²) in [6.45, 7) is 6.53. The van der Waals surface area contributed by atoms with Gasteiger partial charge in [-0.2, -0.15) is 0 Å². The number of piperazine rings is 1. The van der Waals surface area contributed by atoms with Crippen molar-refractivity contribution >= 4 is 16.6 Å². The van der Waals surface area contributed by atoms with Crippen molar-refractivity contribution in [1.29, 1.82) is 0 Å². The van der Waals surface area contributed by atoms with Gasteiger partial charge in [-0.05, 0) is 55.7 Å². The SMILES string of the molecule is O=c1c2ccc(N3CCN(CC4CCC4)CC3)cc2ncn1CC1CC1. The average Bonchev–Trinajstić information content (AvgIpc) is 3.45. The molecule has 138 valence electrons. The maximum atomic E-state index is 12.7. The van der Waals surface area contributed by atoms with Gasteiger partial charge in [0.05, 0.1) is 17.2 Å². The second-order valence-electron chi connectivity index (χ2n) is 8.43. The first kappa shape index (κ1) is 16.3. The van der Waals surface area contributed by atoms with Gasteiger partial charge in [-0.15, -0.1) is 0 Å². The fourth-order valence-electron chi connectivity index (χ4n) is 4.28. The molecule has 5 heteroatoms. The zero-order valence-corrected chi connectivity index (χ0v) is 15.4. The van der Waals surface area contributed by atoms with E-state index in [1.54, 1.807) is 10.9 Å². The summed E-state index contributed by atoms with van der Waals surface area (Å²) in [5.41, 5.74) is 2.14. The lowest BCUT2D eigenvalue weighted by atomic mass is 9.85. The minimum Gasteiger partial charge on any atom is -0.369 e. The normalized spacial score (nSPS) is 21.9. The smallest absolute Gasteiger partial charge is 0.261 e. The van der Waals surface area contributed by atoms with E-state index in [4.69, 9.17) is 0 Å². The molecule has 0 radical (unpaired) electrons. The van der Waals surface area contributed by atoms with E-state index in [9.17, 15) is 4.79 Å². The van der Waals surface area contributed by atoms with Crippen molar-refractivity contribution < 1.29 is 0 Å². The Morgan fingerprint density at radius 2 is 1.73 bits per heavy atom. The number of rotatable bonds is 5. The van der Waals surface area contributed by atoms with Gasteiger partial charge < -0.3 is 4.90 Å². The number of benzene rings is 1. The molecule has 1 saturated heterocycles. The molecule has 2 aliphatic carbocycles. The molecule has 1 aromatic carbocycles. The van der Waals surface area contributed by atoms with Crippen LogP contribution in [0.1, 0.15) is 32.1 Å². The fourth-order valence-corrected chi connectivity index (χ4v) is 4.28. The molecule has 0 atom stereocenters. The second kappa shape index (κ2) is 6.69. The van der Waals surface area contributed by atoms with Crippen molar-refractivity contribution in [2.45, 2.75) is 38.6 Å². The first-order chi connectivity index (χ1) is 12.8. The van der Waals surface area contributed by atoms with E-state index in [1.165, 1.54) is 44.3 Å². The maximum absolute atomic E-state index is 12.7. The highest BCUT2D eigenvalue weighted by Crippen LogP contribution is 2.30. The summed E-state index contributed by atoms with van der Waals surface area (Å²) in [5, 5.41) is 0.750. The third kappa shape index (κ3) is 3.25. The van der Waals surface area contributed by atoms with Crippen molar-refractivity contribution in [2.24, 2.45) is 11.8 Å². The summed E-state index contributed by atoms with van der Waals surface area (Å²) in [7, 11) is 0. The monoisotopic (exact) mass is 352 g/mol. The van der Waals surface area contributed by atoms with Crippen LogP contribution in [-0.2, 0) is 6.54 Å². The molecule has 1 aliphatic heterocycles. The highest BCUT2D eigenvalue weighted by Gasteiger charge is 2.24. The number of aromatic nitrogens is 2. The van der Waals surface area contributed by atoms with E-state index in [1.807, 2.05) is 6.07 Å². The van der Waals surface area contributed by atoms with E-state index in [0.29, 0.717) is 5.92 Å². The number of nitrogens with zero attached hydrogens (tertiary/aromatic N) is 4. The summed E-state index contributed by atoms with van der Waals surface area (Å²) in [5.74, 6) is 1.63. The lowest BCUT2D eigenvalue weighted by Gasteiger charge is -2.39. The second-order valence-corrected chi connectivity index (χ2v) is 8.43. The average molecular weight is 352 g/mol. The number of hydrogen-bond acceptors (Lipinski definition) is 4. The molecule has 26 heavy (non-hydrogen) atoms. The molecule has 0 amide bonds. The molecule has 5 rings (SSSR count). The lowest BCUT2D eigenvalue weighted by Crippen LogP contribution is -2.48. The van der Waals surface area contributed by atoms with Gasteiger partial charge in [0.15, 0.2) is 0 Å². The van der Waals surface area contributed by atoms with Crippen LogP contribution >= 0.6 is 0 Å². The first-order valence-corrected chi connectivity index (χ1v) is 10.2. The van der Waals surface area contributed by atoms with E-state index in [-0.39, 0.29) is 5.56 Å². The molecule has 3 fully saturated rings. The minimum atomic E-state index is 0.110. The van der Waals surface area contributed by atoms with Gasteiger partial charge in [0.2, 0.25) is 0 Å². The van der Waals surface area contributed by atoms with Crippen LogP contribution in [0.25, 0.3) is 10.9 Å². The molecule has 2 saturated carbocycles. The van der Waals surface area contributed by atoms with Gasteiger partial charge in [0, 0.05) is 45.0 Å². The Morgan fingerprint density at radius 3 is 2.42 bits per heavy atom. The summed E-state index contributed by atoms with van der Waals surface area (Å²) in [4.78, 5) is 22.3. The van der Waals surface area contributed by atoms with Gasteiger partial charge in [0.25, 0.3) is 5.56 Å². The van der Waals surface area contributed by atoms with E-state index in [2.05, 4.69) is 26.9 Å². The quantitative estimate of drug-likeness (QED) is 0.830. The van der Waals surface area contributed by atoms with Crippen molar-refractivity contribution in [3.63, 3.8) is 0 Å². The molecule has 2 heterocycles. The Kier molecular flexibility index (Phi) is 4.20.